The lowest BCUT2D eigenvalue weighted by Gasteiger charge is -2.05. The van der Waals surface area contributed by atoms with E-state index in [0.717, 1.165) is 17.2 Å². The number of nitrogens with zero attached hydrogens (tertiary/aromatic N) is 1. The van der Waals surface area contributed by atoms with Gasteiger partial charge in [0.2, 0.25) is 5.88 Å². The average Bonchev–Trinajstić information content (AvgIpc) is 2.89. The Balaban J connectivity index is 1.85. The van der Waals surface area contributed by atoms with Crippen LogP contribution in [0.5, 0.6) is 5.88 Å². The van der Waals surface area contributed by atoms with E-state index in [0.29, 0.717) is 23.8 Å². The van der Waals surface area contributed by atoms with Crippen molar-refractivity contribution in [3.63, 3.8) is 0 Å². The average molecular weight is 267 g/mol. The van der Waals surface area contributed by atoms with Gasteiger partial charge in [-0.15, -0.1) is 0 Å². The molecule has 4 heteroatoms. The molecular weight excluding hydrogens is 254 g/mol. The fourth-order valence-corrected chi connectivity index (χ4v) is 2.01. The summed E-state index contributed by atoms with van der Waals surface area (Å²) in [5.41, 5.74) is 1.75. The molecule has 0 aliphatic carbocycles. The molecule has 3 rings (SSSR count). The minimum atomic E-state index is 0.257. The highest BCUT2D eigenvalue weighted by Gasteiger charge is 2.10. The van der Waals surface area contributed by atoms with Gasteiger partial charge in [0, 0.05) is 12.3 Å². The van der Waals surface area contributed by atoms with Gasteiger partial charge in [0.25, 0.3) is 0 Å². The number of fused-ring (bicyclic) bond motifs is 1. The number of hydrogen-bond acceptors (Lipinski definition) is 4. The maximum absolute atomic E-state index is 10.5. The Morgan fingerprint density at radius 3 is 2.85 bits per heavy atom. The summed E-state index contributed by atoms with van der Waals surface area (Å²) in [5.74, 6) is 1.14. The maximum Gasteiger partial charge on any atom is 0.225 e. The minimum absolute atomic E-state index is 0.257. The number of rotatable bonds is 5. The highest BCUT2D eigenvalue weighted by molar-refractivity contribution is 5.83. The molecule has 1 aromatic carbocycles. The van der Waals surface area contributed by atoms with Crippen LogP contribution in [0, 0.1) is 0 Å². The van der Waals surface area contributed by atoms with E-state index in [1.807, 2.05) is 30.3 Å². The molecule has 3 aromatic rings. The molecule has 0 spiro atoms. The zero-order chi connectivity index (χ0) is 13.8. The molecule has 0 saturated carbocycles. The fourth-order valence-electron chi connectivity index (χ4n) is 2.01. The van der Waals surface area contributed by atoms with Crippen LogP contribution in [0.4, 0.5) is 0 Å². The predicted octanol–water partition coefficient (Wildman–Crippen LogP) is 3.15. The molecule has 0 unspecified atom stereocenters. The normalized spacial score (nSPS) is 10.6. The first-order chi connectivity index (χ1) is 9.86. The van der Waals surface area contributed by atoms with Gasteiger partial charge in [-0.2, -0.15) is 0 Å². The van der Waals surface area contributed by atoms with Crippen LogP contribution in [-0.2, 0) is 17.8 Å². The Labute approximate surface area is 116 Å². The summed E-state index contributed by atoms with van der Waals surface area (Å²) in [7, 11) is 0. The third-order valence-corrected chi connectivity index (χ3v) is 2.96. The van der Waals surface area contributed by atoms with E-state index in [2.05, 4.69) is 4.98 Å². The van der Waals surface area contributed by atoms with E-state index in [1.54, 1.807) is 18.3 Å². The van der Waals surface area contributed by atoms with E-state index in [1.165, 1.54) is 0 Å². The summed E-state index contributed by atoms with van der Waals surface area (Å²) in [4.78, 5) is 14.8. The van der Waals surface area contributed by atoms with E-state index >= 15 is 0 Å². The number of aromatic nitrogens is 1. The van der Waals surface area contributed by atoms with Crippen LogP contribution in [-0.4, -0.2) is 11.3 Å². The molecule has 0 N–H and O–H groups in total. The molecule has 0 saturated heterocycles. The van der Waals surface area contributed by atoms with Crippen LogP contribution < -0.4 is 4.74 Å². The van der Waals surface area contributed by atoms with Crippen LogP contribution >= 0.6 is 0 Å². The molecule has 4 nitrogen and oxygen atoms in total. The molecule has 0 atom stereocenters. The fraction of sp³-hybridized carbons (Fsp3) is 0.125. The Morgan fingerprint density at radius 1 is 1.20 bits per heavy atom. The highest BCUT2D eigenvalue weighted by Crippen LogP contribution is 2.27. The summed E-state index contributed by atoms with van der Waals surface area (Å²) in [6.07, 6.45) is 2.71. The van der Waals surface area contributed by atoms with Crippen molar-refractivity contribution in [1.29, 1.82) is 0 Å². The SMILES string of the molecule is O=CCc1cc2c(OCc3ccccc3)nccc2o1. The van der Waals surface area contributed by atoms with Crippen molar-refractivity contribution in [3.05, 3.63) is 60.0 Å². The molecule has 0 aliphatic rings. The number of carbonyl (C=O) groups is 1. The lowest BCUT2D eigenvalue weighted by molar-refractivity contribution is -0.107. The Hall–Kier alpha value is -2.62. The molecule has 2 heterocycles. The number of aldehydes is 1. The molecule has 0 fully saturated rings. The summed E-state index contributed by atoms with van der Waals surface area (Å²) in [5, 5.41) is 0.792. The van der Waals surface area contributed by atoms with E-state index in [9.17, 15) is 4.79 Å². The molecule has 0 bridgehead atoms. The summed E-state index contributed by atoms with van der Waals surface area (Å²) >= 11 is 0. The third-order valence-electron chi connectivity index (χ3n) is 2.96. The van der Waals surface area contributed by atoms with Gasteiger partial charge in [0.05, 0.1) is 11.8 Å². The van der Waals surface area contributed by atoms with Gasteiger partial charge < -0.3 is 13.9 Å². The van der Waals surface area contributed by atoms with Crippen molar-refractivity contribution < 1.29 is 13.9 Å². The van der Waals surface area contributed by atoms with Crippen LogP contribution in [0.25, 0.3) is 11.0 Å². The Kier molecular flexibility index (Phi) is 3.46. The van der Waals surface area contributed by atoms with Crippen molar-refractivity contribution in [2.45, 2.75) is 13.0 Å². The van der Waals surface area contributed by atoms with Crippen molar-refractivity contribution in [1.82, 2.24) is 4.98 Å². The maximum atomic E-state index is 10.5. The van der Waals surface area contributed by atoms with E-state index < -0.39 is 0 Å². The molecule has 0 amide bonds. The number of benzene rings is 1. The summed E-state index contributed by atoms with van der Waals surface area (Å²) < 4.78 is 11.3. The van der Waals surface area contributed by atoms with E-state index in [-0.39, 0.29) is 6.42 Å². The predicted molar refractivity (Wildman–Crippen MR) is 74.6 cm³/mol. The molecule has 0 aliphatic heterocycles. The molecule has 20 heavy (non-hydrogen) atoms. The third kappa shape index (κ3) is 2.54. The van der Waals surface area contributed by atoms with Gasteiger partial charge in [0.1, 0.15) is 24.2 Å². The highest BCUT2D eigenvalue weighted by atomic mass is 16.5. The van der Waals surface area contributed by atoms with Gasteiger partial charge in [0.15, 0.2) is 0 Å². The number of furan rings is 1. The number of carbonyl (C=O) groups excluding carboxylic acids is 1. The van der Waals surface area contributed by atoms with Crippen molar-refractivity contribution in [3.8, 4) is 5.88 Å². The topological polar surface area (TPSA) is 52.3 Å². The van der Waals surface area contributed by atoms with Gasteiger partial charge in [-0.05, 0) is 11.6 Å². The second kappa shape index (κ2) is 5.57. The van der Waals surface area contributed by atoms with Crippen LogP contribution in [0.1, 0.15) is 11.3 Å². The van der Waals surface area contributed by atoms with Gasteiger partial charge in [-0.1, -0.05) is 30.3 Å². The zero-order valence-corrected chi connectivity index (χ0v) is 10.8. The number of pyridine rings is 1. The van der Waals surface area contributed by atoms with Crippen molar-refractivity contribution in [2.24, 2.45) is 0 Å². The molecule has 2 aromatic heterocycles. The lowest BCUT2D eigenvalue weighted by atomic mass is 10.2. The van der Waals surface area contributed by atoms with Crippen molar-refractivity contribution >= 4 is 17.3 Å². The van der Waals surface area contributed by atoms with Gasteiger partial charge in [-0.25, -0.2) is 4.98 Å². The van der Waals surface area contributed by atoms with Crippen LogP contribution in [0.3, 0.4) is 0 Å². The molecule has 100 valence electrons. The largest absolute Gasteiger partial charge is 0.472 e. The quantitative estimate of drug-likeness (QED) is 0.666. The van der Waals surface area contributed by atoms with Crippen LogP contribution in [0.2, 0.25) is 0 Å². The number of ether oxygens (including phenoxy) is 1. The van der Waals surface area contributed by atoms with Crippen LogP contribution in [0.15, 0.2) is 53.1 Å². The Morgan fingerprint density at radius 2 is 2.05 bits per heavy atom. The first-order valence-corrected chi connectivity index (χ1v) is 6.34. The van der Waals surface area contributed by atoms with Gasteiger partial charge in [-0.3, -0.25) is 0 Å². The molecular formula is C16H13NO3. The standard InChI is InChI=1S/C16H13NO3/c18-9-7-13-10-14-15(20-13)6-8-17-16(14)19-11-12-4-2-1-3-5-12/h1-6,8-10H,7,11H2. The summed E-state index contributed by atoms with van der Waals surface area (Å²) in [6.45, 7) is 0.446. The second-order valence-corrected chi connectivity index (χ2v) is 4.39. The Bertz CT molecular complexity index is 719. The lowest BCUT2D eigenvalue weighted by Crippen LogP contribution is -1.96. The molecule has 0 radical (unpaired) electrons. The number of hydrogen-bond donors (Lipinski definition) is 0. The first-order valence-electron chi connectivity index (χ1n) is 6.34. The second-order valence-electron chi connectivity index (χ2n) is 4.39. The van der Waals surface area contributed by atoms with Crippen molar-refractivity contribution in [2.75, 3.05) is 0 Å². The van der Waals surface area contributed by atoms with Gasteiger partial charge >= 0.3 is 0 Å². The monoisotopic (exact) mass is 267 g/mol. The zero-order valence-electron chi connectivity index (χ0n) is 10.8. The first kappa shape index (κ1) is 12.4. The smallest absolute Gasteiger partial charge is 0.225 e. The minimum Gasteiger partial charge on any atom is -0.472 e. The summed E-state index contributed by atoms with van der Waals surface area (Å²) in [6, 6.07) is 13.4. The van der Waals surface area contributed by atoms with E-state index in [4.69, 9.17) is 9.15 Å².